The zero-order chi connectivity index (χ0) is 21.4. The summed E-state index contributed by atoms with van der Waals surface area (Å²) in [5.74, 6) is 0.561. The minimum Gasteiger partial charge on any atom is -0.408 e. The van der Waals surface area contributed by atoms with Crippen LogP contribution in [-0.4, -0.2) is 41.6 Å². The standard InChI is InChI=1S/C25H29N3O3/c1-18-10-14-26(15-11-18)20-8-6-19(7-9-20)24(29)27-16-12-21(13-17-27)28-22-4-2-3-5-23(22)31-25(28)30/h2-9,18,21H,10-17H2,1H3. The predicted octanol–water partition coefficient (Wildman–Crippen LogP) is 4.31. The zero-order valence-electron chi connectivity index (χ0n) is 18.0. The van der Waals surface area contributed by atoms with Crippen LogP contribution in [-0.2, 0) is 0 Å². The van der Waals surface area contributed by atoms with Gasteiger partial charge in [-0.15, -0.1) is 0 Å². The van der Waals surface area contributed by atoms with E-state index < -0.39 is 0 Å². The highest BCUT2D eigenvalue weighted by Gasteiger charge is 2.27. The van der Waals surface area contributed by atoms with Crippen LogP contribution in [0.25, 0.3) is 11.1 Å². The van der Waals surface area contributed by atoms with Gasteiger partial charge in [0.1, 0.15) is 0 Å². The van der Waals surface area contributed by atoms with Gasteiger partial charge in [0.25, 0.3) is 5.91 Å². The Morgan fingerprint density at radius 1 is 0.903 bits per heavy atom. The Hall–Kier alpha value is -3.02. The van der Waals surface area contributed by atoms with Crippen LogP contribution in [0, 0.1) is 5.92 Å². The summed E-state index contributed by atoms with van der Waals surface area (Å²) in [6, 6.07) is 15.6. The number of fused-ring (bicyclic) bond motifs is 1. The van der Waals surface area contributed by atoms with Gasteiger partial charge in [0.2, 0.25) is 0 Å². The zero-order valence-corrected chi connectivity index (χ0v) is 18.0. The first kappa shape index (κ1) is 19.9. The van der Waals surface area contributed by atoms with Crippen LogP contribution < -0.4 is 10.7 Å². The number of amides is 1. The van der Waals surface area contributed by atoms with E-state index in [0.717, 1.165) is 42.9 Å². The molecule has 1 amide bonds. The Balaban J connectivity index is 1.24. The lowest BCUT2D eigenvalue weighted by Gasteiger charge is -2.33. The van der Waals surface area contributed by atoms with Crippen molar-refractivity contribution in [2.24, 2.45) is 5.92 Å². The molecule has 2 aliphatic heterocycles. The Morgan fingerprint density at radius 3 is 2.29 bits per heavy atom. The van der Waals surface area contributed by atoms with E-state index in [-0.39, 0.29) is 17.7 Å². The molecular weight excluding hydrogens is 390 g/mol. The van der Waals surface area contributed by atoms with E-state index in [9.17, 15) is 9.59 Å². The molecule has 162 valence electrons. The Bertz CT molecular complexity index is 1110. The number of anilines is 1. The first-order valence-corrected chi connectivity index (χ1v) is 11.3. The second kappa shape index (κ2) is 8.25. The van der Waals surface area contributed by atoms with E-state index in [0.29, 0.717) is 18.7 Å². The summed E-state index contributed by atoms with van der Waals surface area (Å²) in [5, 5.41) is 0. The molecule has 5 rings (SSSR count). The van der Waals surface area contributed by atoms with Crippen LogP contribution in [0.3, 0.4) is 0 Å². The number of piperidine rings is 2. The van der Waals surface area contributed by atoms with E-state index in [2.05, 4.69) is 24.0 Å². The molecule has 1 aromatic heterocycles. The highest BCUT2D eigenvalue weighted by molar-refractivity contribution is 5.94. The van der Waals surface area contributed by atoms with Gasteiger partial charge in [-0.25, -0.2) is 4.79 Å². The number of likely N-dealkylation sites (tertiary alicyclic amines) is 1. The number of rotatable bonds is 3. The molecule has 2 saturated heterocycles. The summed E-state index contributed by atoms with van der Waals surface area (Å²) in [6.45, 7) is 5.77. The summed E-state index contributed by atoms with van der Waals surface area (Å²) >= 11 is 0. The van der Waals surface area contributed by atoms with E-state index in [1.807, 2.05) is 41.3 Å². The third-order valence-corrected chi connectivity index (χ3v) is 6.90. The monoisotopic (exact) mass is 419 g/mol. The van der Waals surface area contributed by atoms with Crippen molar-refractivity contribution in [2.75, 3.05) is 31.1 Å². The van der Waals surface area contributed by atoms with Gasteiger partial charge in [-0.05, 0) is 68.0 Å². The first-order valence-electron chi connectivity index (χ1n) is 11.3. The van der Waals surface area contributed by atoms with E-state index in [4.69, 9.17) is 4.42 Å². The maximum Gasteiger partial charge on any atom is 0.420 e. The van der Waals surface area contributed by atoms with Crippen molar-refractivity contribution in [3.05, 3.63) is 64.6 Å². The minimum atomic E-state index is -0.311. The second-order valence-corrected chi connectivity index (χ2v) is 8.95. The van der Waals surface area contributed by atoms with E-state index in [1.165, 1.54) is 18.5 Å². The smallest absolute Gasteiger partial charge is 0.408 e. The summed E-state index contributed by atoms with van der Waals surface area (Å²) in [4.78, 5) is 29.7. The van der Waals surface area contributed by atoms with Crippen molar-refractivity contribution in [2.45, 2.75) is 38.6 Å². The number of aromatic nitrogens is 1. The number of para-hydroxylation sites is 2. The lowest BCUT2D eigenvalue weighted by atomic mass is 9.98. The second-order valence-electron chi connectivity index (χ2n) is 8.95. The van der Waals surface area contributed by atoms with Crippen LogP contribution in [0.1, 0.15) is 49.0 Å². The fraction of sp³-hybridized carbons (Fsp3) is 0.440. The Morgan fingerprint density at radius 2 is 1.58 bits per heavy atom. The Kier molecular flexibility index (Phi) is 5.30. The molecule has 0 N–H and O–H groups in total. The van der Waals surface area contributed by atoms with Gasteiger partial charge in [0.05, 0.1) is 5.52 Å². The molecule has 31 heavy (non-hydrogen) atoms. The third kappa shape index (κ3) is 3.87. The molecule has 2 aliphatic rings. The van der Waals surface area contributed by atoms with Gasteiger partial charge in [-0.2, -0.15) is 0 Å². The molecule has 0 atom stereocenters. The van der Waals surface area contributed by atoms with Gasteiger partial charge in [0.15, 0.2) is 5.58 Å². The highest BCUT2D eigenvalue weighted by Crippen LogP contribution is 2.27. The number of hydrogen-bond acceptors (Lipinski definition) is 4. The van der Waals surface area contributed by atoms with Gasteiger partial charge < -0.3 is 14.2 Å². The molecule has 0 aliphatic carbocycles. The molecule has 0 saturated carbocycles. The summed E-state index contributed by atoms with van der Waals surface area (Å²) in [7, 11) is 0. The van der Waals surface area contributed by atoms with Crippen LogP contribution in [0.2, 0.25) is 0 Å². The number of carbonyl (C=O) groups is 1. The van der Waals surface area contributed by atoms with Gasteiger partial charge >= 0.3 is 5.76 Å². The first-order chi connectivity index (χ1) is 15.1. The van der Waals surface area contributed by atoms with Crippen LogP contribution in [0.15, 0.2) is 57.7 Å². The largest absolute Gasteiger partial charge is 0.420 e. The number of hydrogen-bond donors (Lipinski definition) is 0. The molecule has 2 aromatic carbocycles. The molecule has 0 bridgehead atoms. The third-order valence-electron chi connectivity index (χ3n) is 6.90. The topological polar surface area (TPSA) is 58.7 Å². The molecule has 0 radical (unpaired) electrons. The predicted molar refractivity (Wildman–Crippen MR) is 122 cm³/mol. The average Bonchev–Trinajstić information content (AvgIpc) is 3.15. The van der Waals surface area contributed by atoms with Crippen molar-refractivity contribution in [3.8, 4) is 0 Å². The average molecular weight is 420 g/mol. The molecule has 6 nitrogen and oxygen atoms in total. The van der Waals surface area contributed by atoms with Crippen molar-refractivity contribution in [1.29, 1.82) is 0 Å². The van der Waals surface area contributed by atoms with Crippen molar-refractivity contribution in [1.82, 2.24) is 9.47 Å². The van der Waals surface area contributed by atoms with Gasteiger partial charge in [0, 0.05) is 43.5 Å². The molecule has 3 heterocycles. The number of benzene rings is 2. The molecule has 3 aromatic rings. The van der Waals surface area contributed by atoms with Crippen molar-refractivity contribution < 1.29 is 9.21 Å². The van der Waals surface area contributed by atoms with Crippen LogP contribution >= 0.6 is 0 Å². The maximum absolute atomic E-state index is 13.0. The number of nitrogens with zero attached hydrogens (tertiary/aromatic N) is 3. The fourth-order valence-corrected chi connectivity index (χ4v) is 4.92. The van der Waals surface area contributed by atoms with Crippen LogP contribution in [0.4, 0.5) is 5.69 Å². The molecule has 2 fully saturated rings. The van der Waals surface area contributed by atoms with Crippen LogP contribution in [0.5, 0.6) is 0 Å². The fourth-order valence-electron chi connectivity index (χ4n) is 4.92. The van der Waals surface area contributed by atoms with E-state index in [1.54, 1.807) is 4.57 Å². The number of carbonyl (C=O) groups excluding carboxylic acids is 1. The van der Waals surface area contributed by atoms with Crippen molar-refractivity contribution in [3.63, 3.8) is 0 Å². The summed E-state index contributed by atoms with van der Waals surface area (Å²) < 4.78 is 7.14. The lowest BCUT2D eigenvalue weighted by molar-refractivity contribution is 0.0694. The minimum absolute atomic E-state index is 0.0593. The molecule has 0 unspecified atom stereocenters. The normalized spacial score (nSPS) is 18.6. The van der Waals surface area contributed by atoms with Gasteiger partial charge in [-0.1, -0.05) is 19.1 Å². The van der Waals surface area contributed by atoms with Crippen molar-refractivity contribution >= 4 is 22.7 Å². The summed E-state index contributed by atoms with van der Waals surface area (Å²) in [6.07, 6.45) is 3.95. The summed E-state index contributed by atoms with van der Waals surface area (Å²) in [5.41, 5.74) is 3.39. The lowest BCUT2D eigenvalue weighted by Crippen LogP contribution is -2.40. The maximum atomic E-state index is 13.0. The highest BCUT2D eigenvalue weighted by atomic mass is 16.4. The quantitative estimate of drug-likeness (QED) is 0.635. The van der Waals surface area contributed by atoms with E-state index >= 15 is 0 Å². The Labute approximate surface area is 182 Å². The molecule has 0 spiro atoms. The van der Waals surface area contributed by atoms with Gasteiger partial charge in [-0.3, -0.25) is 9.36 Å². The molecular formula is C25H29N3O3. The number of oxazole rings is 1. The molecule has 6 heteroatoms. The SMILES string of the molecule is CC1CCN(c2ccc(C(=O)N3CCC(n4c(=O)oc5ccccc54)CC3)cc2)CC1.